The molecule has 2 aromatic heterocycles. The Morgan fingerprint density at radius 3 is 2.79 bits per heavy atom. The van der Waals surface area contributed by atoms with Gasteiger partial charge in [0.2, 0.25) is 5.88 Å². The number of ether oxygens (including phenoxy) is 2. The Morgan fingerprint density at radius 2 is 2.07 bits per heavy atom. The zero-order chi connectivity index (χ0) is 19.9. The molecule has 0 aliphatic heterocycles. The standard InChI is InChI=1S/C21H19N3O4/c1-15-6-5-9-24-18(20(23-19(15)24)27-11-10-25)12-17(13-22)21(26)28-14-16-7-3-2-4-8-16/h2-9,12,25H,10-11,14H2,1H3/b17-12-. The van der Waals surface area contributed by atoms with Crippen molar-refractivity contribution in [2.75, 3.05) is 13.2 Å². The van der Waals surface area contributed by atoms with Crippen LogP contribution in [0.4, 0.5) is 0 Å². The van der Waals surface area contributed by atoms with E-state index in [1.165, 1.54) is 6.08 Å². The second-order valence-corrected chi connectivity index (χ2v) is 5.99. The summed E-state index contributed by atoms with van der Waals surface area (Å²) in [4.78, 5) is 16.8. The fourth-order valence-corrected chi connectivity index (χ4v) is 2.66. The monoisotopic (exact) mass is 377 g/mol. The van der Waals surface area contributed by atoms with Crippen LogP contribution in [-0.4, -0.2) is 33.7 Å². The SMILES string of the molecule is Cc1cccn2c(/C=C(/C#N)C(=O)OCc3ccccc3)c(OCCO)nc12. The summed E-state index contributed by atoms with van der Waals surface area (Å²) in [7, 11) is 0. The number of benzene rings is 1. The van der Waals surface area contributed by atoms with Crippen molar-refractivity contribution in [2.24, 2.45) is 0 Å². The number of aryl methyl sites for hydroxylation is 1. The number of aromatic nitrogens is 2. The summed E-state index contributed by atoms with van der Waals surface area (Å²) < 4.78 is 12.5. The van der Waals surface area contributed by atoms with Crippen molar-refractivity contribution in [3.8, 4) is 11.9 Å². The molecule has 0 atom stereocenters. The number of carbonyl (C=O) groups excluding carboxylic acids is 1. The highest BCUT2D eigenvalue weighted by Crippen LogP contribution is 2.25. The van der Waals surface area contributed by atoms with Crippen LogP contribution in [0.3, 0.4) is 0 Å². The van der Waals surface area contributed by atoms with E-state index in [-0.39, 0.29) is 31.3 Å². The van der Waals surface area contributed by atoms with Gasteiger partial charge >= 0.3 is 5.97 Å². The predicted molar refractivity (Wildman–Crippen MR) is 102 cm³/mol. The smallest absolute Gasteiger partial charge is 0.349 e. The molecule has 0 fully saturated rings. The van der Waals surface area contributed by atoms with Crippen molar-refractivity contribution < 1.29 is 19.4 Å². The van der Waals surface area contributed by atoms with Gasteiger partial charge < -0.3 is 14.6 Å². The first kappa shape index (κ1) is 19.1. The first-order chi connectivity index (χ1) is 13.6. The van der Waals surface area contributed by atoms with Gasteiger partial charge in [0.05, 0.1) is 6.61 Å². The molecule has 1 aromatic carbocycles. The van der Waals surface area contributed by atoms with E-state index in [9.17, 15) is 10.1 Å². The van der Waals surface area contributed by atoms with Gasteiger partial charge in [0.1, 0.15) is 36.2 Å². The van der Waals surface area contributed by atoms with Crippen molar-refractivity contribution in [1.29, 1.82) is 5.26 Å². The van der Waals surface area contributed by atoms with Crippen molar-refractivity contribution in [3.63, 3.8) is 0 Å². The maximum atomic E-state index is 12.4. The third-order valence-corrected chi connectivity index (χ3v) is 4.01. The number of aliphatic hydroxyl groups is 1. The van der Waals surface area contributed by atoms with Crippen LogP contribution in [-0.2, 0) is 16.1 Å². The number of pyridine rings is 1. The molecule has 0 aliphatic carbocycles. The average molecular weight is 377 g/mol. The van der Waals surface area contributed by atoms with Crippen molar-refractivity contribution in [1.82, 2.24) is 9.38 Å². The van der Waals surface area contributed by atoms with Gasteiger partial charge in [-0.15, -0.1) is 0 Å². The van der Waals surface area contributed by atoms with Crippen LogP contribution in [0, 0.1) is 18.3 Å². The lowest BCUT2D eigenvalue weighted by Gasteiger charge is -2.05. The molecule has 1 N–H and O–H groups in total. The Kier molecular flexibility index (Phi) is 6.04. The summed E-state index contributed by atoms with van der Waals surface area (Å²) in [6.45, 7) is 1.83. The van der Waals surface area contributed by atoms with Gasteiger partial charge in [-0.25, -0.2) is 4.79 Å². The molecule has 3 rings (SSSR count). The number of hydrogen-bond acceptors (Lipinski definition) is 6. The first-order valence-corrected chi connectivity index (χ1v) is 8.68. The van der Waals surface area contributed by atoms with E-state index < -0.39 is 5.97 Å². The lowest BCUT2D eigenvalue weighted by molar-refractivity contribution is -0.139. The number of aliphatic hydroxyl groups excluding tert-OH is 1. The minimum atomic E-state index is -0.734. The molecule has 0 aliphatic rings. The predicted octanol–water partition coefficient (Wildman–Crippen LogP) is 2.66. The van der Waals surface area contributed by atoms with E-state index in [0.717, 1.165) is 11.1 Å². The van der Waals surface area contributed by atoms with E-state index in [1.54, 1.807) is 10.6 Å². The highest BCUT2D eigenvalue weighted by molar-refractivity contribution is 5.98. The Balaban J connectivity index is 1.92. The normalized spacial score (nSPS) is 11.2. The summed E-state index contributed by atoms with van der Waals surface area (Å²) in [5.41, 5.74) is 2.62. The van der Waals surface area contributed by atoms with E-state index in [0.29, 0.717) is 11.3 Å². The average Bonchev–Trinajstić information content (AvgIpc) is 3.08. The van der Waals surface area contributed by atoms with Crippen LogP contribution in [0.15, 0.2) is 54.2 Å². The van der Waals surface area contributed by atoms with Crippen LogP contribution in [0.5, 0.6) is 5.88 Å². The molecule has 2 heterocycles. The van der Waals surface area contributed by atoms with Crippen LogP contribution < -0.4 is 4.74 Å². The van der Waals surface area contributed by atoms with Gasteiger partial charge in [-0.05, 0) is 30.2 Å². The number of imidazole rings is 1. The lowest BCUT2D eigenvalue weighted by atomic mass is 10.2. The molecule has 0 radical (unpaired) electrons. The minimum Gasteiger partial charge on any atom is -0.474 e. The van der Waals surface area contributed by atoms with Gasteiger partial charge in [0.15, 0.2) is 0 Å². The fourth-order valence-electron chi connectivity index (χ4n) is 2.66. The maximum absolute atomic E-state index is 12.4. The van der Waals surface area contributed by atoms with Crippen molar-refractivity contribution in [3.05, 3.63) is 71.1 Å². The highest BCUT2D eigenvalue weighted by Gasteiger charge is 2.18. The molecule has 0 saturated carbocycles. The number of nitriles is 1. The van der Waals surface area contributed by atoms with Gasteiger partial charge in [-0.3, -0.25) is 4.40 Å². The molecule has 7 heteroatoms. The molecule has 3 aromatic rings. The molecular weight excluding hydrogens is 358 g/mol. The van der Waals surface area contributed by atoms with Crippen LogP contribution in [0.2, 0.25) is 0 Å². The topological polar surface area (TPSA) is 96.9 Å². The molecule has 7 nitrogen and oxygen atoms in total. The summed E-state index contributed by atoms with van der Waals surface area (Å²) in [5.74, 6) is -0.506. The van der Waals surface area contributed by atoms with Crippen molar-refractivity contribution >= 4 is 17.7 Å². The number of nitrogens with zero attached hydrogens (tertiary/aromatic N) is 3. The summed E-state index contributed by atoms with van der Waals surface area (Å²) in [5, 5.41) is 18.5. The molecular formula is C21H19N3O4. The fraction of sp³-hybridized carbons (Fsp3) is 0.190. The van der Waals surface area contributed by atoms with Crippen LogP contribution >= 0.6 is 0 Å². The Bertz CT molecular complexity index is 1050. The first-order valence-electron chi connectivity index (χ1n) is 8.68. The second kappa shape index (κ2) is 8.84. The zero-order valence-corrected chi connectivity index (χ0v) is 15.3. The minimum absolute atomic E-state index is 0.0457. The molecule has 0 spiro atoms. The quantitative estimate of drug-likeness (QED) is 0.386. The summed E-state index contributed by atoms with van der Waals surface area (Å²) >= 11 is 0. The van der Waals surface area contributed by atoms with Gasteiger partial charge in [-0.1, -0.05) is 36.4 Å². The van der Waals surface area contributed by atoms with Crippen molar-refractivity contribution in [2.45, 2.75) is 13.5 Å². The Hall–Kier alpha value is -3.63. The van der Waals surface area contributed by atoms with E-state index in [4.69, 9.17) is 14.6 Å². The number of carbonyl (C=O) groups is 1. The summed E-state index contributed by atoms with van der Waals surface area (Å²) in [6.07, 6.45) is 3.15. The third kappa shape index (κ3) is 4.19. The molecule has 142 valence electrons. The largest absolute Gasteiger partial charge is 0.474 e. The van der Waals surface area contributed by atoms with Crippen LogP contribution in [0.25, 0.3) is 11.7 Å². The molecule has 0 saturated heterocycles. The molecule has 28 heavy (non-hydrogen) atoms. The van der Waals surface area contributed by atoms with E-state index in [1.807, 2.05) is 55.5 Å². The molecule has 0 bridgehead atoms. The van der Waals surface area contributed by atoms with Gasteiger partial charge in [0, 0.05) is 6.20 Å². The number of hydrogen-bond donors (Lipinski definition) is 1. The third-order valence-electron chi connectivity index (χ3n) is 4.01. The number of esters is 1. The highest BCUT2D eigenvalue weighted by atomic mass is 16.5. The van der Waals surface area contributed by atoms with Gasteiger partial charge in [-0.2, -0.15) is 10.2 Å². The lowest BCUT2D eigenvalue weighted by Crippen LogP contribution is -2.08. The maximum Gasteiger partial charge on any atom is 0.349 e. The Labute approximate surface area is 162 Å². The number of rotatable bonds is 7. The van der Waals surface area contributed by atoms with E-state index >= 15 is 0 Å². The van der Waals surface area contributed by atoms with Gasteiger partial charge in [0.25, 0.3) is 0 Å². The zero-order valence-electron chi connectivity index (χ0n) is 15.3. The number of fused-ring (bicyclic) bond motifs is 1. The molecule has 0 unspecified atom stereocenters. The second-order valence-electron chi connectivity index (χ2n) is 5.99. The Morgan fingerprint density at radius 1 is 1.29 bits per heavy atom. The molecule has 0 amide bonds. The summed E-state index contributed by atoms with van der Waals surface area (Å²) in [6, 6.07) is 14.8. The van der Waals surface area contributed by atoms with Crippen LogP contribution in [0.1, 0.15) is 16.8 Å². The van der Waals surface area contributed by atoms with E-state index in [2.05, 4.69) is 4.98 Å².